The fourth-order valence-corrected chi connectivity index (χ4v) is 5.95. The molecule has 1 aromatic heterocycles. The molecule has 6 nitrogen and oxygen atoms in total. The van der Waals surface area contributed by atoms with E-state index in [1.165, 1.54) is 19.2 Å². The van der Waals surface area contributed by atoms with Crippen molar-refractivity contribution in [3.8, 4) is 16.9 Å². The van der Waals surface area contributed by atoms with Gasteiger partial charge in [-0.05, 0) is 61.6 Å². The number of aromatic nitrogens is 2. The molecule has 34 heavy (non-hydrogen) atoms. The van der Waals surface area contributed by atoms with E-state index in [2.05, 4.69) is 16.3 Å². The van der Waals surface area contributed by atoms with Gasteiger partial charge >= 0.3 is 5.97 Å². The molecule has 1 aliphatic heterocycles. The highest BCUT2D eigenvalue weighted by Crippen LogP contribution is 2.57. The molecule has 1 saturated heterocycles. The van der Waals surface area contributed by atoms with Gasteiger partial charge in [0.15, 0.2) is 0 Å². The third-order valence-electron chi connectivity index (χ3n) is 7.56. The molecule has 3 aromatic rings. The highest BCUT2D eigenvalue weighted by atomic mass is 19.1. The van der Waals surface area contributed by atoms with E-state index in [1.807, 2.05) is 25.3 Å². The summed E-state index contributed by atoms with van der Waals surface area (Å²) in [5.74, 6) is -0.148. The first-order valence-corrected chi connectivity index (χ1v) is 11.6. The van der Waals surface area contributed by atoms with Crippen molar-refractivity contribution in [3.05, 3.63) is 71.3 Å². The first-order valence-electron chi connectivity index (χ1n) is 11.6. The van der Waals surface area contributed by atoms with Crippen LogP contribution in [-0.2, 0) is 14.3 Å². The number of benzene rings is 2. The normalized spacial score (nSPS) is 26.2. The number of nitrogens with zero attached hydrogens (tertiary/aromatic N) is 1. The molecule has 5 rings (SSSR count). The second-order valence-corrected chi connectivity index (χ2v) is 9.34. The van der Waals surface area contributed by atoms with E-state index in [-0.39, 0.29) is 29.5 Å². The van der Waals surface area contributed by atoms with Crippen molar-refractivity contribution in [2.45, 2.75) is 43.6 Å². The Bertz CT molecular complexity index is 1190. The maximum absolute atomic E-state index is 13.7. The number of esters is 1. The van der Waals surface area contributed by atoms with Gasteiger partial charge in [0, 0.05) is 28.7 Å². The van der Waals surface area contributed by atoms with Crippen molar-refractivity contribution in [2.75, 3.05) is 20.8 Å². The summed E-state index contributed by atoms with van der Waals surface area (Å²) in [5, 5.41) is 7.15. The summed E-state index contributed by atoms with van der Waals surface area (Å²) in [7, 11) is 3.10. The molecule has 0 amide bonds. The Kier molecular flexibility index (Phi) is 5.90. The van der Waals surface area contributed by atoms with Gasteiger partial charge < -0.3 is 14.2 Å². The van der Waals surface area contributed by atoms with E-state index in [4.69, 9.17) is 14.2 Å². The van der Waals surface area contributed by atoms with Gasteiger partial charge in [0.1, 0.15) is 11.6 Å². The van der Waals surface area contributed by atoms with E-state index in [0.717, 1.165) is 46.5 Å². The molecule has 0 unspecified atom stereocenters. The zero-order valence-corrected chi connectivity index (χ0v) is 19.6. The third kappa shape index (κ3) is 3.78. The van der Waals surface area contributed by atoms with Crippen LogP contribution in [0.5, 0.6) is 5.75 Å². The van der Waals surface area contributed by atoms with Crippen LogP contribution in [0.25, 0.3) is 11.1 Å². The summed E-state index contributed by atoms with van der Waals surface area (Å²) in [6.07, 6.45) is 3.99. The molecule has 0 bridgehead atoms. The summed E-state index contributed by atoms with van der Waals surface area (Å²) in [6, 6.07) is 12.6. The molecule has 2 aromatic carbocycles. The molecule has 2 fully saturated rings. The molecule has 1 N–H and O–H groups in total. The van der Waals surface area contributed by atoms with E-state index >= 15 is 0 Å². The highest BCUT2D eigenvalue weighted by molar-refractivity contribution is 5.75. The van der Waals surface area contributed by atoms with Gasteiger partial charge in [-0.25, -0.2) is 4.39 Å². The molecule has 0 radical (unpaired) electrons. The van der Waals surface area contributed by atoms with Crippen LogP contribution >= 0.6 is 0 Å². The van der Waals surface area contributed by atoms with Crippen LogP contribution in [0, 0.1) is 18.7 Å². The van der Waals surface area contributed by atoms with Crippen LogP contribution in [0.4, 0.5) is 4.39 Å². The van der Waals surface area contributed by atoms with E-state index in [1.54, 1.807) is 19.2 Å². The van der Waals surface area contributed by atoms with Crippen molar-refractivity contribution < 1.29 is 23.4 Å². The molecule has 2 aliphatic rings. The van der Waals surface area contributed by atoms with Crippen molar-refractivity contribution in [1.82, 2.24) is 10.2 Å². The number of nitrogens with one attached hydrogen (secondary N) is 1. The number of carbonyl (C=O) groups is 1. The molecule has 7 heteroatoms. The maximum Gasteiger partial charge on any atom is 0.309 e. The van der Waals surface area contributed by atoms with Gasteiger partial charge in [0.2, 0.25) is 0 Å². The van der Waals surface area contributed by atoms with Gasteiger partial charge in [-0.1, -0.05) is 18.2 Å². The standard InChI is InChI=1S/C27H29FN2O4/c1-16-23(14-29-30-16)18-6-9-24(32-2)22(12-18)19-13-27(34-15-19)11-10-21(26(31)33-3)25(27)17-4-7-20(28)8-5-17/h4-9,12,14,19,21,25H,10-11,13,15H2,1-3H3,(H,29,30)/t19-,21+,25-,27-/m1/s1. The summed E-state index contributed by atoms with van der Waals surface area (Å²) < 4.78 is 31.1. The number of methoxy groups -OCH3 is 2. The Morgan fingerprint density at radius 2 is 2.00 bits per heavy atom. The lowest BCUT2D eigenvalue weighted by Gasteiger charge is -2.33. The summed E-state index contributed by atoms with van der Waals surface area (Å²) in [5.41, 5.74) is 4.59. The molecular weight excluding hydrogens is 435 g/mol. The zero-order valence-electron chi connectivity index (χ0n) is 19.6. The predicted octanol–water partition coefficient (Wildman–Crippen LogP) is 5.14. The monoisotopic (exact) mass is 464 g/mol. The van der Waals surface area contributed by atoms with Crippen molar-refractivity contribution in [2.24, 2.45) is 5.92 Å². The van der Waals surface area contributed by atoms with Crippen LogP contribution in [-0.4, -0.2) is 42.6 Å². The molecule has 4 atom stereocenters. The van der Waals surface area contributed by atoms with Gasteiger partial charge in [-0.2, -0.15) is 5.10 Å². The second-order valence-electron chi connectivity index (χ2n) is 9.34. The van der Waals surface area contributed by atoms with Crippen LogP contribution < -0.4 is 4.74 Å². The molecule has 1 aliphatic carbocycles. The van der Waals surface area contributed by atoms with Crippen molar-refractivity contribution >= 4 is 5.97 Å². The second kappa shape index (κ2) is 8.87. The minimum atomic E-state index is -0.520. The van der Waals surface area contributed by atoms with Gasteiger partial charge in [0.05, 0.1) is 38.5 Å². The summed E-state index contributed by atoms with van der Waals surface area (Å²) in [4.78, 5) is 12.7. The highest BCUT2D eigenvalue weighted by Gasteiger charge is 2.56. The molecule has 2 heterocycles. The SMILES string of the molecule is COC(=O)[C@H]1CC[C@@]2(C[C@@H](c3cc(-c4cn[nH]c4C)ccc3OC)CO2)[C@@H]1c1ccc(F)cc1. The molecule has 178 valence electrons. The predicted molar refractivity (Wildman–Crippen MR) is 125 cm³/mol. The number of rotatable bonds is 5. The van der Waals surface area contributed by atoms with Gasteiger partial charge in [-0.3, -0.25) is 9.89 Å². The number of carbonyl (C=O) groups excluding carboxylic acids is 1. The van der Waals surface area contributed by atoms with Crippen molar-refractivity contribution in [3.63, 3.8) is 0 Å². The smallest absolute Gasteiger partial charge is 0.309 e. The third-order valence-corrected chi connectivity index (χ3v) is 7.56. The van der Waals surface area contributed by atoms with Gasteiger partial charge in [-0.15, -0.1) is 0 Å². The Morgan fingerprint density at radius 3 is 2.68 bits per heavy atom. The quantitative estimate of drug-likeness (QED) is 0.529. The summed E-state index contributed by atoms with van der Waals surface area (Å²) in [6.45, 7) is 2.52. The first-order chi connectivity index (χ1) is 16.5. The Morgan fingerprint density at radius 1 is 1.21 bits per heavy atom. The average molecular weight is 465 g/mol. The lowest BCUT2D eigenvalue weighted by atomic mass is 9.76. The number of H-pyrrole nitrogens is 1. The number of hydrogen-bond acceptors (Lipinski definition) is 5. The van der Waals surface area contributed by atoms with Crippen LogP contribution in [0.2, 0.25) is 0 Å². The Balaban J connectivity index is 1.51. The number of aryl methyl sites for hydroxylation is 1. The van der Waals surface area contributed by atoms with Crippen molar-refractivity contribution in [1.29, 1.82) is 0 Å². The van der Waals surface area contributed by atoms with Gasteiger partial charge in [0.25, 0.3) is 0 Å². The molecule has 1 saturated carbocycles. The maximum atomic E-state index is 13.7. The fraction of sp³-hybridized carbons (Fsp3) is 0.407. The number of aromatic amines is 1. The topological polar surface area (TPSA) is 73.4 Å². The zero-order chi connectivity index (χ0) is 23.9. The lowest BCUT2D eigenvalue weighted by Crippen LogP contribution is -2.35. The minimum absolute atomic E-state index is 0.0986. The fourth-order valence-electron chi connectivity index (χ4n) is 5.95. The van der Waals surface area contributed by atoms with E-state index in [9.17, 15) is 9.18 Å². The van der Waals surface area contributed by atoms with Crippen LogP contribution in [0.3, 0.4) is 0 Å². The first kappa shape index (κ1) is 22.6. The number of ether oxygens (including phenoxy) is 3. The largest absolute Gasteiger partial charge is 0.496 e. The minimum Gasteiger partial charge on any atom is -0.496 e. The molecular formula is C27H29FN2O4. The van der Waals surface area contributed by atoms with Crippen LogP contribution in [0.15, 0.2) is 48.7 Å². The lowest BCUT2D eigenvalue weighted by molar-refractivity contribution is -0.146. The average Bonchev–Trinajstić information content (AvgIpc) is 3.58. The number of hydrogen-bond donors (Lipinski definition) is 1. The number of halogens is 1. The van der Waals surface area contributed by atoms with E-state index < -0.39 is 5.60 Å². The molecule has 1 spiro atoms. The Labute approximate surface area is 198 Å². The van der Waals surface area contributed by atoms with E-state index in [0.29, 0.717) is 13.0 Å². The summed E-state index contributed by atoms with van der Waals surface area (Å²) >= 11 is 0. The Hall–Kier alpha value is -3.19. The van der Waals surface area contributed by atoms with Crippen LogP contribution in [0.1, 0.15) is 47.9 Å².